The van der Waals surface area contributed by atoms with Crippen LogP contribution in [0.25, 0.3) is 0 Å². The largest absolute Gasteiger partial charge is 0.329 e. The van der Waals surface area contributed by atoms with Crippen LogP contribution in [-0.4, -0.2) is 34.5 Å². The molecule has 4 nitrogen and oxygen atoms in total. The molecule has 0 aliphatic carbocycles. The fraction of sp³-hybridized carbons (Fsp3) is 0.556. The predicted molar refractivity (Wildman–Crippen MR) is 50.0 cm³/mol. The Bertz CT molecular complexity index is 258. The van der Waals surface area contributed by atoms with Gasteiger partial charge in [0, 0.05) is 37.6 Å². The molecule has 70 valence electrons. The number of likely N-dealkylation sites (tertiary alicyclic amines) is 1. The number of hydrogen-bond donors (Lipinski definition) is 1. The molecule has 1 aliphatic rings. The van der Waals surface area contributed by atoms with E-state index in [1.165, 1.54) is 6.42 Å². The zero-order valence-electron chi connectivity index (χ0n) is 7.56. The van der Waals surface area contributed by atoms with E-state index in [-0.39, 0.29) is 0 Å². The molecule has 1 aromatic heterocycles. The Labute approximate surface area is 77.8 Å². The van der Waals surface area contributed by atoms with Crippen molar-refractivity contribution < 1.29 is 0 Å². The summed E-state index contributed by atoms with van der Waals surface area (Å²) in [5.41, 5.74) is 6.85. The Morgan fingerprint density at radius 2 is 2.08 bits per heavy atom. The Kier molecular flexibility index (Phi) is 2.52. The van der Waals surface area contributed by atoms with E-state index in [9.17, 15) is 0 Å². The summed E-state index contributed by atoms with van der Waals surface area (Å²) in [6, 6.07) is 0.315. The molecule has 2 heterocycles. The summed E-state index contributed by atoms with van der Waals surface area (Å²) in [4.78, 5) is 10.4. The maximum atomic E-state index is 5.72. The van der Waals surface area contributed by atoms with Gasteiger partial charge in [0.2, 0.25) is 0 Å². The molecule has 1 unspecified atom stereocenters. The summed E-state index contributed by atoms with van der Waals surface area (Å²) in [5, 5.41) is 0. The fourth-order valence-electron chi connectivity index (χ4n) is 1.63. The highest BCUT2D eigenvalue weighted by Gasteiger charge is 2.24. The van der Waals surface area contributed by atoms with Gasteiger partial charge >= 0.3 is 0 Å². The Morgan fingerprint density at radius 1 is 1.38 bits per heavy atom. The lowest BCUT2D eigenvalue weighted by Crippen LogP contribution is -2.43. The summed E-state index contributed by atoms with van der Waals surface area (Å²) >= 11 is 0. The van der Waals surface area contributed by atoms with Gasteiger partial charge in [-0.15, -0.1) is 0 Å². The van der Waals surface area contributed by atoms with Crippen molar-refractivity contribution in [2.24, 2.45) is 5.73 Å². The van der Waals surface area contributed by atoms with E-state index in [1.807, 2.05) is 12.4 Å². The molecule has 1 aromatic rings. The molecule has 4 heteroatoms. The summed E-state index contributed by atoms with van der Waals surface area (Å²) in [6.07, 6.45) is 6.53. The standard InChI is InChI=1S/C9H14N4/c10-4-9(13-2-1-3-13)8-5-11-7-12-6-8/h5-7,9H,1-4,10H2. The van der Waals surface area contributed by atoms with E-state index in [1.54, 1.807) is 6.33 Å². The van der Waals surface area contributed by atoms with Crippen molar-refractivity contribution in [2.75, 3.05) is 19.6 Å². The molecule has 0 aromatic carbocycles. The third-order valence-corrected chi connectivity index (χ3v) is 2.52. The maximum absolute atomic E-state index is 5.72. The smallest absolute Gasteiger partial charge is 0.115 e. The van der Waals surface area contributed by atoms with Crippen molar-refractivity contribution in [1.29, 1.82) is 0 Å². The number of aromatic nitrogens is 2. The van der Waals surface area contributed by atoms with Crippen molar-refractivity contribution >= 4 is 0 Å². The van der Waals surface area contributed by atoms with Gasteiger partial charge in [-0.05, 0) is 6.42 Å². The van der Waals surface area contributed by atoms with Crippen LogP contribution in [0.5, 0.6) is 0 Å². The second-order valence-corrected chi connectivity index (χ2v) is 3.31. The van der Waals surface area contributed by atoms with Gasteiger partial charge in [-0.2, -0.15) is 0 Å². The van der Waals surface area contributed by atoms with E-state index in [2.05, 4.69) is 14.9 Å². The molecular weight excluding hydrogens is 164 g/mol. The minimum absolute atomic E-state index is 0.315. The monoisotopic (exact) mass is 178 g/mol. The second-order valence-electron chi connectivity index (χ2n) is 3.31. The van der Waals surface area contributed by atoms with Crippen LogP contribution in [0, 0.1) is 0 Å². The predicted octanol–water partition coefficient (Wildman–Crippen LogP) is 0.182. The molecular formula is C9H14N4. The van der Waals surface area contributed by atoms with Crippen molar-refractivity contribution in [3.05, 3.63) is 24.3 Å². The number of nitrogens with two attached hydrogens (primary N) is 1. The van der Waals surface area contributed by atoms with Crippen molar-refractivity contribution in [3.8, 4) is 0 Å². The van der Waals surface area contributed by atoms with Crippen LogP contribution in [0.2, 0.25) is 0 Å². The van der Waals surface area contributed by atoms with Crippen LogP contribution in [0.3, 0.4) is 0 Å². The quantitative estimate of drug-likeness (QED) is 0.717. The third kappa shape index (κ3) is 1.68. The molecule has 2 N–H and O–H groups in total. The number of nitrogens with zero attached hydrogens (tertiary/aromatic N) is 3. The first-order chi connectivity index (χ1) is 6.42. The van der Waals surface area contributed by atoms with E-state index in [4.69, 9.17) is 5.73 Å². The van der Waals surface area contributed by atoms with Crippen molar-refractivity contribution in [3.63, 3.8) is 0 Å². The van der Waals surface area contributed by atoms with Gasteiger partial charge in [-0.25, -0.2) is 9.97 Å². The summed E-state index contributed by atoms with van der Waals surface area (Å²) in [6.45, 7) is 2.95. The molecule has 2 rings (SSSR count). The maximum Gasteiger partial charge on any atom is 0.115 e. The lowest BCUT2D eigenvalue weighted by Gasteiger charge is -2.37. The van der Waals surface area contributed by atoms with Crippen LogP contribution in [0.1, 0.15) is 18.0 Å². The first-order valence-corrected chi connectivity index (χ1v) is 4.61. The third-order valence-electron chi connectivity index (χ3n) is 2.52. The molecule has 0 bridgehead atoms. The molecule has 13 heavy (non-hydrogen) atoms. The zero-order chi connectivity index (χ0) is 9.10. The Balaban J connectivity index is 2.12. The zero-order valence-corrected chi connectivity index (χ0v) is 7.56. The molecule has 1 fully saturated rings. The highest BCUT2D eigenvalue weighted by Crippen LogP contribution is 2.22. The minimum atomic E-state index is 0.315. The van der Waals surface area contributed by atoms with E-state index >= 15 is 0 Å². The highest BCUT2D eigenvalue weighted by atomic mass is 15.2. The lowest BCUT2D eigenvalue weighted by molar-refractivity contribution is 0.122. The highest BCUT2D eigenvalue weighted by molar-refractivity contribution is 5.10. The first-order valence-electron chi connectivity index (χ1n) is 4.61. The van der Waals surface area contributed by atoms with Gasteiger partial charge in [0.05, 0.1) is 6.04 Å². The van der Waals surface area contributed by atoms with Crippen LogP contribution < -0.4 is 5.73 Å². The lowest BCUT2D eigenvalue weighted by atomic mass is 10.1. The summed E-state index contributed by atoms with van der Waals surface area (Å²) < 4.78 is 0. The van der Waals surface area contributed by atoms with Gasteiger partial charge in [-0.3, -0.25) is 4.90 Å². The molecule has 0 spiro atoms. The topological polar surface area (TPSA) is 55.0 Å². The SMILES string of the molecule is NCC(c1cncnc1)N1CCC1. The van der Waals surface area contributed by atoms with Crippen LogP contribution in [0.15, 0.2) is 18.7 Å². The minimum Gasteiger partial charge on any atom is -0.329 e. The molecule has 1 atom stereocenters. The molecule has 1 saturated heterocycles. The van der Waals surface area contributed by atoms with Gasteiger partial charge < -0.3 is 5.73 Å². The number of rotatable bonds is 3. The second kappa shape index (κ2) is 3.81. The fourth-order valence-corrected chi connectivity index (χ4v) is 1.63. The van der Waals surface area contributed by atoms with Gasteiger partial charge in [0.25, 0.3) is 0 Å². The molecule has 0 amide bonds. The van der Waals surface area contributed by atoms with E-state index < -0.39 is 0 Å². The molecule has 1 aliphatic heterocycles. The van der Waals surface area contributed by atoms with Crippen LogP contribution in [0.4, 0.5) is 0 Å². The number of hydrogen-bond acceptors (Lipinski definition) is 4. The Hall–Kier alpha value is -1.00. The van der Waals surface area contributed by atoms with Crippen LogP contribution >= 0.6 is 0 Å². The van der Waals surface area contributed by atoms with Gasteiger partial charge in [-0.1, -0.05) is 0 Å². The van der Waals surface area contributed by atoms with Crippen molar-refractivity contribution in [2.45, 2.75) is 12.5 Å². The first kappa shape index (κ1) is 8.59. The van der Waals surface area contributed by atoms with Crippen molar-refractivity contribution in [1.82, 2.24) is 14.9 Å². The average molecular weight is 178 g/mol. The molecule has 0 saturated carbocycles. The normalized spacial score (nSPS) is 19.5. The Morgan fingerprint density at radius 3 is 2.54 bits per heavy atom. The van der Waals surface area contributed by atoms with Gasteiger partial charge in [0.15, 0.2) is 0 Å². The van der Waals surface area contributed by atoms with E-state index in [0.29, 0.717) is 12.6 Å². The summed E-state index contributed by atoms with van der Waals surface area (Å²) in [5.74, 6) is 0. The average Bonchev–Trinajstić information content (AvgIpc) is 2.12. The summed E-state index contributed by atoms with van der Waals surface area (Å²) in [7, 11) is 0. The molecule has 0 radical (unpaired) electrons. The van der Waals surface area contributed by atoms with Crippen LogP contribution in [-0.2, 0) is 0 Å². The van der Waals surface area contributed by atoms with E-state index in [0.717, 1.165) is 18.7 Å². The van der Waals surface area contributed by atoms with Gasteiger partial charge in [0.1, 0.15) is 6.33 Å².